The molecule has 2 aromatic heterocycles. The highest BCUT2D eigenvalue weighted by Crippen LogP contribution is 2.26. The number of ether oxygens (including phenoxy) is 1. The molecule has 0 aliphatic carbocycles. The van der Waals surface area contributed by atoms with Gasteiger partial charge in [0, 0.05) is 26.0 Å². The van der Waals surface area contributed by atoms with Gasteiger partial charge in [-0.25, -0.2) is 4.98 Å². The lowest BCUT2D eigenvalue weighted by molar-refractivity contribution is 0.187. The molecule has 1 fully saturated rings. The summed E-state index contributed by atoms with van der Waals surface area (Å²) in [5.41, 5.74) is 1.54. The van der Waals surface area contributed by atoms with Gasteiger partial charge in [0.2, 0.25) is 0 Å². The second-order valence-electron chi connectivity index (χ2n) is 5.66. The molecule has 0 amide bonds. The average Bonchev–Trinajstić information content (AvgIpc) is 3.21. The molecule has 0 saturated carbocycles. The number of benzene rings is 1. The average molecular weight is 295 g/mol. The fraction of sp³-hybridized carbons (Fsp3) is 0.294. The quantitative estimate of drug-likeness (QED) is 0.729. The van der Waals surface area contributed by atoms with E-state index in [2.05, 4.69) is 9.55 Å². The van der Waals surface area contributed by atoms with Gasteiger partial charge < -0.3 is 13.9 Å². The Morgan fingerprint density at radius 1 is 1.32 bits per heavy atom. The SMILES string of the molecule is Cn1c(=O)c(-c2nccn2C2CCOC2)cc2ccccc21. The molecule has 5 heteroatoms. The molecule has 1 saturated heterocycles. The van der Waals surface area contributed by atoms with Gasteiger partial charge in [-0.15, -0.1) is 0 Å². The summed E-state index contributed by atoms with van der Waals surface area (Å²) >= 11 is 0. The number of rotatable bonds is 2. The van der Waals surface area contributed by atoms with Crippen LogP contribution in [0.15, 0.2) is 47.5 Å². The summed E-state index contributed by atoms with van der Waals surface area (Å²) in [5, 5.41) is 1.04. The van der Waals surface area contributed by atoms with E-state index in [4.69, 9.17) is 4.74 Å². The van der Waals surface area contributed by atoms with Gasteiger partial charge in [-0.3, -0.25) is 4.79 Å². The highest BCUT2D eigenvalue weighted by Gasteiger charge is 2.22. The summed E-state index contributed by atoms with van der Waals surface area (Å²) < 4.78 is 9.22. The van der Waals surface area contributed by atoms with Crippen LogP contribution < -0.4 is 5.56 Å². The predicted molar refractivity (Wildman–Crippen MR) is 84.9 cm³/mol. The summed E-state index contributed by atoms with van der Waals surface area (Å²) in [4.78, 5) is 17.2. The van der Waals surface area contributed by atoms with E-state index in [1.807, 2.05) is 36.5 Å². The van der Waals surface area contributed by atoms with E-state index in [0.717, 1.165) is 29.8 Å². The highest BCUT2D eigenvalue weighted by molar-refractivity contribution is 5.83. The molecule has 3 aromatic rings. The van der Waals surface area contributed by atoms with Crippen LogP contribution in [0.25, 0.3) is 22.3 Å². The molecular weight excluding hydrogens is 278 g/mol. The third-order valence-electron chi connectivity index (χ3n) is 4.34. The van der Waals surface area contributed by atoms with Crippen LogP contribution in [-0.2, 0) is 11.8 Å². The molecule has 0 radical (unpaired) electrons. The van der Waals surface area contributed by atoms with Crippen molar-refractivity contribution in [3.8, 4) is 11.4 Å². The fourth-order valence-corrected chi connectivity index (χ4v) is 3.14. The summed E-state index contributed by atoms with van der Waals surface area (Å²) in [5.74, 6) is 0.724. The van der Waals surface area contributed by atoms with Crippen LogP contribution in [0, 0.1) is 0 Å². The monoisotopic (exact) mass is 295 g/mol. The van der Waals surface area contributed by atoms with Gasteiger partial charge in [0.1, 0.15) is 5.82 Å². The van der Waals surface area contributed by atoms with Crippen LogP contribution in [-0.4, -0.2) is 27.3 Å². The molecule has 1 aromatic carbocycles. The van der Waals surface area contributed by atoms with Crippen LogP contribution in [0.1, 0.15) is 12.5 Å². The molecule has 112 valence electrons. The molecule has 1 unspecified atom stereocenters. The minimum absolute atomic E-state index is 0.0231. The third-order valence-corrected chi connectivity index (χ3v) is 4.34. The largest absolute Gasteiger partial charge is 0.379 e. The molecular formula is C17H17N3O2. The number of pyridine rings is 1. The van der Waals surface area contributed by atoms with Crippen molar-refractivity contribution >= 4 is 10.9 Å². The second-order valence-corrected chi connectivity index (χ2v) is 5.66. The van der Waals surface area contributed by atoms with Gasteiger partial charge in [0.15, 0.2) is 0 Å². The number of aryl methyl sites for hydroxylation is 1. The number of fused-ring (bicyclic) bond motifs is 1. The summed E-state index contributed by atoms with van der Waals surface area (Å²) in [7, 11) is 1.81. The van der Waals surface area contributed by atoms with Gasteiger partial charge in [-0.2, -0.15) is 0 Å². The molecule has 4 rings (SSSR count). The first-order chi connectivity index (χ1) is 10.8. The Kier molecular flexibility index (Phi) is 3.08. The molecule has 1 atom stereocenters. The van der Waals surface area contributed by atoms with Crippen molar-refractivity contribution in [3.05, 3.63) is 53.1 Å². The topological polar surface area (TPSA) is 49.0 Å². The second kappa shape index (κ2) is 5.10. The van der Waals surface area contributed by atoms with E-state index in [1.165, 1.54) is 0 Å². The molecule has 3 heterocycles. The van der Waals surface area contributed by atoms with Crippen LogP contribution >= 0.6 is 0 Å². The van der Waals surface area contributed by atoms with Crippen molar-refractivity contribution in [2.45, 2.75) is 12.5 Å². The zero-order chi connectivity index (χ0) is 15.1. The number of para-hydroxylation sites is 1. The third kappa shape index (κ3) is 1.97. The smallest absolute Gasteiger partial charge is 0.261 e. The standard InChI is InChI=1S/C17H17N3O2/c1-19-15-5-3-2-4-12(15)10-14(17(19)21)16-18-7-8-20(16)13-6-9-22-11-13/h2-5,7-8,10,13H,6,9,11H2,1H3. The summed E-state index contributed by atoms with van der Waals surface area (Å²) in [6, 6.07) is 10.1. The lowest BCUT2D eigenvalue weighted by Gasteiger charge is -2.14. The Morgan fingerprint density at radius 2 is 2.18 bits per heavy atom. The zero-order valence-electron chi connectivity index (χ0n) is 12.4. The maximum Gasteiger partial charge on any atom is 0.261 e. The Balaban J connectivity index is 1.94. The van der Waals surface area contributed by atoms with Crippen molar-refractivity contribution in [1.82, 2.24) is 14.1 Å². The Morgan fingerprint density at radius 3 is 3.00 bits per heavy atom. The van der Waals surface area contributed by atoms with Gasteiger partial charge in [0.25, 0.3) is 5.56 Å². The number of imidazole rings is 1. The van der Waals surface area contributed by atoms with Crippen LogP contribution in [0.3, 0.4) is 0 Å². The highest BCUT2D eigenvalue weighted by atomic mass is 16.5. The number of nitrogens with zero attached hydrogens (tertiary/aromatic N) is 3. The van der Waals surface area contributed by atoms with Gasteiger partial charge in [0.05, 0.1) is 23.7 Å². The number of hydrogen-bond donors (Lipinski definition) is 0. The first-order valence-electron chi connectivity index (χ1n) is 7.45. The molecule has 22 heavy (non-hydrogen) atoms. The minimum atomic E-state index is -0.0231. The molecule has 0 spiro atoms. The van der Waals surface area contributed by atoms with E-state index in [-0.39, 0.29) is 11.6 Å². The number of hydrogen-bond acceptors (Lipinski definition) is 3. The lowest BCUT2D eigenvalue weighted by atomic mass is 10.1. The first kappa shape index (κ1) is 13.3. The maximum atomic E-state index is 12.7. The fourth-order valence-electron chi connectivity index (χ4n) is 3.14. The van der Waals surface area contributed by atoms with Gasteiger partial charge in [-0.1, -0.05) is 18.2 Å². The van der Waals surface area contributed by atoms with E-state index in [1.54, 1.807) is 17.8 Å². The van der Waals surface area contributed by atoms with E-state index in [9.17, 15) is 4.79 Å². The molecule has 1 aliphatic heterocycles. The number of aromatic nitrogens is 3. The summed E-state index contributed by atoms with van der Waals surface area (Å²) in [6.07, 6.45) is 4.64. The maximum absolute atomic E-state index is 12.7. The van der Waals surface area contributed by atoms with Crippen LogP contribution in [0.5, 0.6) is 0 Å². The Labute approximate surface area is 127 Å². The van der Waals surface area contributed by atoms with Crippen molar-refractivity contribution in [2.24, 2.45) is 7.05 Å². The molecule has 1 aliphatic rings. The van der Waals surface area contributed by atoms with E-state index >= 15 is 0 Å². The minimum Gasteiger partial charge on any atom is -0.379 e. The van der Waals surface area contributed by atoms with Crippen molar-refractivity contribution in [3.63, 3.8) is 0 Å². The van der Waals surface area contributed by atoms with Crippen LogP contribution in [0.4, 0.5) is 0 Å². The van der Waals surface area contributed by atoms with Gasteiger partial charge in [-0.05, 0) is 23.9 Å². The predicted octanol–water partition coefficient (Wildman–Crippen LogP) is 2.36. The van der Waals surface area contributed by atoms with Crippen molar-refractivity contribution < 1.29 is 4.74 Å². The summed E-state index contributed by atoms with van der Waals surface area (Å²) in [6.45, 7) is 1.44. The van der Waals surface area contributed by atoms with E-state index in [0.29, 0.717) is 12.2 Å². The molecule has 0 N–H and O–H groups in total. The normalized spacial score (nSPS) is 18.1. The molecule has 5 nitrogen and oxygen atoms in total. The van der Waals surface area contributed by atoms with E-state index < -0.39 is 0 Å². The van der Waals surface area contributed by atoms with Gasteiger partial charge >= 0.3 is 0 Å². The molecule has 0 bridgehead atoms. The lowest BCUT2D eigenvalue weighted by Crippen LogP contribution is -2.21. The van der Waals surface area contributed by atoms with Crippen molar-refractivity contribution in [1.29, 1.82) is 0 Å². The Bertz CT molecular complexity index is 888. The first-order valence-corrected chi connectivity index (χ1v) is 7.45. The zero-order valence-corrected chi connectivity index (χ0v) is 12.4. The van der Waals surface area contributed by atoms with Crippen molar-refractivity contribution in [2.75, 3.05) is 13.2 Å². The Hall–Kier alpha value is -2.40. The van der Waals surface area contributed by atoms with Crippen LogP contribution in [0.2, 0.25) is 0 Å².